The van der Waals surface area contributed by atoms with Crippen LogP contribution >= 0.6 is 0 Å². The summed E-state index contributed by atoms with van der Waals surface area (Å²) >= 11 is 0. The molecule has 0 saturated heterocycles. The minimum absolute atomic E-state index is 0.276. The monoisotopic (exact) mass is 289 g/mol. The van der Waals surface area contributed by atoms with Gasteiger partial charge in [-0.25, -0.2) is 15.0 Å². The molecule has 0 unspecified atom stereocenters. The van der Waals surface area contributed by atoms with E-state index in [0.717, 1.165) is 36.2 Å². The van der Waals surface area contributed by atoms with Crippen molar-refractivity contribution in [2.24, 2.45) is 0 Å². The fourth-order valence-electron chi connectivity index (χ4n) is 1.81. The lowest BCUT2D eigenvalue weighted by Crippen LogP contribution is -2.09. The summed E-state index contributed by atoms with van der Waals surface area (Å²) < 4.78 is 5.45. The number of aromatic nitrogens is 3. The van der Waals surface area contributed by atoms with Crippen LogP contribution in [0.3, 0.4) is 0 Å². The Morgan fingerprint density at radius 2 is 1.90 bits per heavy atom. The van der Waals surface area contributed by atoms with Crippen molar-refractivity contribution in [2.45, 2.75) is 46.6 Å². The maximum atomic E-state index is 5.45. The minimum Gasteiger partial charge on any atom is -0.444 e. The van der Waals surface area contributed by atoms with Gasteiger partial charge in [-0.05, 0) is 13.3 Å². The van der Waals surface area contributed by atoms with E-state index in [2.05, 4.69) is 46.4 Å². The van der Waals surface area contributed by atoms with Crippen molar-refractivity contribution in [3.63, 3.8) is 0 Å². The maximum absolute atomic E-state index is 5.45. The van der Waals surface area contributed by atoms with Crippen molar-refractivity contribution in [3.8, 4) is 0 Å². The van der Waals surface area contributed by atoms with Crippen LogP contribution in [-0.2, 0) is 6.54 Å². The molecule has 2 aromatic heterocycles. The van der Waals surface area contributed by atoms with Crippen molar-refractivity contribution < 1.29 is 4.42 Å². The van der Waals surface area contributed by atoms with Crippen LogP contribution < -0.4 is 10.6 Å². The van der Waals surface area contributed by atoms with E-state index in [1.54, 1.807) is 6.20 Å². The van der Waals surface area contributed by atoms with E-state index < -0.39 is 0 Å². The second kappa shape index (κ2) is 7.06. The topological polar surface area (TPSA) is 75.9 Å². The highest BCUT2D eigenvalue weighted by Gasteiger charge is 2.09. The zero-order chi connectivity index (χ0) is 15.2. The molecule has 0 aliphatic rings. The molecule has 6 nitrogen and oxygen atoms in total. The summed E-state index contributed by atoms with van der Waals surface area (Å²) in [7, 11) is 0. The molecule has 114 valence electrons. The zero-order valence-electron chi connectivity index (χ0n) is 13.1. The Morgan fingerprint density at radius 3 is 2.48 bits per heavy atom. The number of rotatable bonds is 7. The van der Waals surface area contributed by atoms with Gasteiger partial charge in [-0.15, -0.1) is 0 Å². The molecule has 0 spiro atoms. The van der Waals surface area contributed by atoms with Gasteiger partial charge in [0.25, 0.3) is 0 Å². The summed E-state index contributed by atoms with van der Waals surface area (Å²) in [4.78, 5) is 13.2. The molecule has 0 saturated carbocycles. The molecule has 2 rings (SSSR count). The van der Waals surface area contributed by atoms with E-state index in [9.17, 15) is 0 Å². The normalized spacial score (nSPS) is 10.9. The number of hydrogen-bond acceptors (Lipinski definition) is 6. The first kappa shape index (κ1) is 15.3. The molecule has 0 fully saturated rings. The van der Waals surface area contributed by atoms with Crippen molar-refractivity contribution >= 4 is 11.6 Å². The van der Waals surface area contributed by atoms with Crippen molar-refractivity contribution in [3.05, 3.63) is 29.7 Å². The predicted molar refractivity (Wildman–Crippen MR) is 83.5 cm³/mol. The molecule has 2 N–H and O–H groups in total. The smallest absolute Gasteiger partial charge is 0.213 e. The number of nitrogens with zero attached hydrogens (tertiary/aromatic N) is 3. The van der Waals surface area contributed by atoms with E-state index in [1.165, 1.54) is 0 Å². The summed E-state index contributed by atoms with van der Waals surface area (Å²) in [6, 6.07) is 1.91. The van der Waals surface area contributed by atoms with Gasteiger partial charge < -0.3 is 15.1 Å². The second-order valence-corrected chi connectivity index (χ2v) is 5.30. The lowest BCUT2D eigenvalue weighted by molar-refractivity contribution is 0.478. The Bertz CT molecular complexity index is 579. The van der Waals surface area contributed by atoms with Crippen molar-refractivity contribution in [2.75, 3.05) is 17.2 Å². The molecule has 21 heavy (non-hydrogen) atoms. The van der Waals surface area contributed by atoms with E-state index in [0.29, 0.717) is 12.4 Å². The lowest BCUT2D eigenvalue weighted by atomic mass is 10.2. The SMILES string of the molecule is CCCNc1cc(NCc2ncc(C)o2)nc(C(C)C)n1. The third kappa shape index (κ3) is 4.44. The van der Waals surface area contributed by atoms with Crippen LogP contribution in [-0.4, -0.2) is 21.5 Å². The summed E-state index contributed by atoms with van der Waals surface area (Å²) in [5.41, 5.74) is 0. The average Bonchev–Trinajstić information content (AvgIpc) is 2.88. The molecule has 0 bridgehead atoms. The van der Waals surface area contributed by atoms with Crippen molar-refractivity contribution in [1.82, 2.24) is 15.0 Å². The molecule has 0 aromatic carbocycles. The van der Waals surface area contributed by atoms with E-state index >= 15 is 0 Å². The van der Waals surface area contributed by atoms with Gasteiger partial charge in [0.2, 0.25) is 5.89 Å². The van der Waals surface area contributed by atoms with Crippen LogP contribution in [0.5, 0.6) is 0 Å². The van der Waals surface area contributed by atoms with Gasteiger partial charge in [-0.3, -0.25) is 0 Å². The Labute approximate surface area is 125 Å². The predicted octanol–water partition coefficient (Wildman–Crippen LogP) is 3.33. The van der Waals surface area contributed by atoms with Crippen LogP contribution in [0, 0.1) is 6.92 Å². The van der Waals surface area contributed by atoms with E-state index in [4.69, 9.17) is 4.42 Å². The molecule has 0 aliphatic carbocycles. The molecular formula is C15H23N5O. The van der Waals surface area contributed by atoms with Gasteiger partial charge in [0, 0.05) is 18.5 Å². The summed E-state index contributed by atoms with van der Waals surface area (Å²) in [5, 5.41) is 6.54. The Kier molecular flexibility index (Phi) is 5.14. The molecule has 0 radical (unpaired) electrons. The minimum atomic E-state index is 0.276. The highest BCUT2D eigenvalue weighted by Crippen LogP contribution is 2.17. The first-order valence-electron chi connectivity index (χ1n) is 7.36. The fourth-order valence-corrected chi connectivity index (χ4v) is 1.81. The Balaban J connectivity index is 2.11. The van der Waals surface area contributed by atoms with Crippen LogP contribution in [0.4, 0.5) is 11.6 Å². The van der Waals surface area contributed by atoms with Crippen molar-refractivity contribution in [1.29, 1.82) is 0 Å². The molecule has 2 heterocycles. The third-order valence-corrected chi connectivity index (χ3v) is 2.91. The van der Waals surface area contributed by atoms with Gasteiger partial charge in [-0.1, -0.05) is 20.8 Å². The Hall–Kier alpha value is -2.11. The molecule has 2 aromatic rings. The highest BCUT2D eigenvalue weighted by atomic mass is 16.4. The van der Waals surface area contributed by atoms with Crippen LogP contribution in [0.15, 0.2) is 16.7 Å². The highest BCUT2D eigenvalue weighted by molar-refractivity contribution is 5.47. The van der Waals surface area contributed by atoms with Crippen LogP contribution in [0.1, 0.15) is 50.6 Å². The third-order valence-electron chi connectivity index (χ3n) is 2.91. The fraction of sp³-hybridized carbons (Fsp3) is 0.533. The van der Waals surface area contributed by atoms with Crippen LogP contribution in [0.25, 0.3) is 0 Å². The van der Waals surface area contributed by atoms with Gasteiger partial charge >= 0.3 is 0 Å². The average molecular weight is 289 g/mol. The number of oxazole rings is 1. The standard InChI is InChI=1S/C15H23N5O/c1-5-6-16-12-7-13(20-15(19-12)10(2)3)17-9-14-18-8-11(4)21-14/h7-8,10H,5-6,9H2,1-4H3,(H2,16,17,19,20). The maximum Gasteiger partial charge on any atom is 0.213 e. The summed E-state index contributed by atoms with van der Waals surface area (Å²) in [6.07, 6.45) is 2.77. The molecular weight excluding hydrogens is 266 g/mol. The number of aryl methyl sites for hydroxylation is 1. The number of anilines is 2. The molecule has 6 heteroatoms. The quantitative estimate of drug-likeness (QED) is 0.814. The zero-order valence-corrected chi connectivity index (χ0v) is 13.1. The largest absolute Gasteiger partial charge is 0.444 e. The molecule has 0 atom stereocenters. The van der Waals surface area contributed by atoms with Gasteiger partial charge in [0.15, 0.2) is 0 Å². The molecule has 0 amide bonds. The Morgan fingerprint density at radius 1 is 1.19 bits per heavy atom. The van der Waals surface area contributed by atoms with E-state index in [1.807, 2.05) is 13.0 Å². The summed E-state index contributed by atoms with van der Waals surface area (Å²) in [6.45, 7) is 9.58. The first-order valence-corrected chi connectivity index (χ1v) is 7.36. The lowest BCUT2D eigenvalue weighted by Gasteiger charge is -2.12. The summed E-state index contributed by atoms with van der Waals surface area (Å²) in [5.74, 6) is 4.19. The number of nitrogens with one attached hydrogen (secondary N) is 2. The second-order valence-electron chi connectivity index (χ2n) is 5.30. The van der Waals surface area contributed by atoms with Gasteiger partial charge in [-0.2, -0.15) is 0 Å². The van der Waals surface area contributed by atoms with Gasteiger partial charge in [0.1, 0.15) is 23.2 Å². The number of hydrogen-bond donors (Lipinski definition) is 2. The molecule has 0 aliphatic heterocycles. The van der Waals surface area contributed by atoms with Gasteiger partial charge in [0.05, 0.1) is 12.7 Å². The first-order chi connectivity index (χ1) is 10.1. The van der Waals surface area contributed by atoms with Crippen LogP contribution in [0.2, 0.25) is 0 Å². The van der Waals surface area contributed by atoms with E-state index in [-0.39, 0.29) is 5.92 Å².